The molecule has 1 aromatic heterocycles. The average molecular weight is 297 g/mol. The van der Waals surface area contributed by atoms with Crippen LogP contribution in [0.5, 0.6) is 0 Å². The van der Waals surface area contributed by atoms with E-state index in [1.807, 2.05) is 20.8 Å². The molecular weight excluding hydrogens is 274 g/mol. The molecule has 1 heterocycles. The number of amides is 1. The number of hydrogen-bond donors (Lipinski definition) is 2. The van der Waals surface area contributed by atoms with Gasteiger partial charge in [0, 0.05) is 5.41 Å². The van der Waals surface area contributed by atoms with E-state index in [1.54, 1.807) is 0 Å². The van der Waals surface area contributed by atoms with Crippen LogP contribution in [0.15, 0.2) is 0 Å². The molecule has 6 heteroatoms. The number of carbonyl (C=O) groups excluding carboxylic acids is 1. The standard InChI is InChI=1S/C14H23N3O2S/c1-14(2,3)12-11(20-17-16-12)13(19)15-9-7-5-4-6-8-10(9)18/h9-10,18H,4-8H2,1-3H3,(H,15,19). The number of aliphatic hydroxyl groups is 1. The van der Waals surface area contributed by atoms with Gasteiger partial charge in [0.25, 0.3) is 5.91 Å². The molecule has 1 fully saturated rings. The largest absolute Gasteiger partial charge is 0.391 e. The second-order valence-electron chi connectivity index (χ2n) is 6.49. The lowest BCUT2D eigenvalue weighted by molar-refractivity contribution is 0.0820. The first-order valence-electron chi connectivity index (χ1n) is 7.21. The monoisotopic (exact) mass is 297 g/mol. The molecule has 2 unspecified atom stereocenters. The molecule has 20 heavy (non-hydrogen) atoms. The van der Waals surface area contributed by atoms with E-state index in [9.17, 15) is 9.90 Å². The van der Waals surface area contributed by atoms with E-state index in [-0.39, 0.29) is 17.4 Å². The van der Waals surface area contributed by atoms with Gasteiger partial charge >= 0.3 is 0 Å². The molecule has 1 aliphatic carbocycles. The van der Waals surface area contributed by atoms with Gasteiger partial charge in [-0.15, -0.1) is 5.10 Å². The van der Waals surface area contributed by atoms with Gasteiger partial charge in [0.05, 0.1) is 17.8 Å². The van der Waals surface area contributed by atoms with Gasteiger partial charge in [0.2, 0.25) is 0 Å². The summed E-state index contributed by atoms with van der Waals surface area (Å²) < 4.78 is 3.91. The quantitative estimate of drug-likeness (QED) is 0.821. The second kappa shape index (κ2) is 6.18. The van der Waals surface area contributed by atoms with E-state index >= 15 is 0 Å². The summed E-state index contributed by atoms with van der Waals surface area (Å²) >= 11 is 1.12. The maximum atomic E-state index is 12.4. The molecule has 1 aliphatic rings. The van der Waals surface area contributed by atoms with Crippen LogP contribution in [0.1, 0.15) is 68.2 Å². The summed E-state index contributed by atoms with van der Waals surface area (Å²) in [5.41, 5.74) is 0.518. The Labute approximate surface area is 123 Å². The Balaban J connectivity index is 2.10. The predicted octanol–water partition coefficient (Wildman–Crippen LogP) is 2.26. The van der Waals surface area contributed by atoms with Crippen molar-refractivity contribution in [3.05, 3.63) is 10.6 Å². The highest BCUT2D eigenvalue weighted by Gasteiger charge is 2.29. The van der Waals surface area contributed by atoms with Gasteiger partial charge < -0.3 is 10.4 Å². The van der Waals surface area contributed by atoms with E-state index < -0.39 is 6.10 Å². The lowest BCUT2D eigenvalue weighted by Crippen LogP contribution is -2.43. The minimum atomic E-state index is -0.444. The molecular formula is C14H23N3O2S. The van der Waals surface area contributed by atoms with Gasteiger partial charge in [-0.2, -0.15) is 0 Å². The fourth-order valence-electron chi connectivity index (χ4n) is 2.52. The first-order chi connectivity index (χ1) is 9.39. The van der Waals surface area contributed by atoms with Crippen LogP contribution in [0.25, 0.3) is 0 Å². The lowest BCUT2D eigenvalue weighted by atomic mass is 9.91. The van der Waals surface area contributed by atoms with Crippen LogP contribution in [0.3, 0.4) is 0 Å². The van der Waals surface area contributed by atoms with E-state index in [2.05, 4.69) is 14.9 Å². The Bertz CT molecular complexity index is 467. The zero-order valence-corrected chi connectivity index (χ0v) is 13.2. The van der Waals surface area contributed by atoms with Gasteiger partial charge in [0.1, 0.15) is 4.88 Å². The van der Waals surface area contributed by atoms with Crippen molar-refractivity contribution >= 4 is 17.4 Å². The Morgan fingerprint density at radius 3 is 2.70 bits per heavy atom. The molecule has 112 valence electrons. The molecule has 2 rings (SSSR count). The van der Waals surface area contributed by atoms with Gasteiger partial charge in [0.15, 0.2) is 0 Å². The third-order valence-electron chi connectivity index (χ3n) is 3.70. The number of rotatable bonds is 2. The molecule has 5 nitrogen and oxygen atoms in total. The zero-order valence-electron chi connectivity index (χ0n) is 12.3. The summed E-state index contributed by atoms with van der Waals surface area (Å²) in [4.78, 5) is 13.0. The molecule has 0 saturated heterocycles. The van der Waals surface area contributed by atoms with Crippen LogP contribution in [0, 0.1) is 0 Å². The Morgan fingerprint density at radius 2 is 2.00 bits per heavy atom. The molecule has 1 saturated carbocycles. The number of carbonyl (C=O) groups is 1. The van der Waals surface area contributed by atoms with Gasteiger partial charge in [-0.05, 0) is 24.4 Å². The summed E-state index contributed by atoms with van der Waals surface area (Å²) in [6.45, 7) is 6.04. The first-order valence-corrected chi connectivity index (χ1v) is 7.98. The van der Waals surface area contributed by atoms with Crippen LogP contribution in [-0.4, -0.2) is 32.7 Å². The average Bonchev–Trinajstić information content (AvgIpc) is 2.78. The van der Waals surface area contributed by atoms with Crippen molar-refractivity contribution in [1.29, 1.82) is 0 Å². The number of aromatic nitrogens is 2. The van der Waals surface area contributed by atoms with Gasteiger partial charge in [-0.3, -0.25) is 4.79 Å². The molecule has 1 aromatic rings. The Morgan fingerprint density at radius 1 is 1.30 bits per heavy atom. The molecule has 0 aromatic carbocycles. The highest BCUT2D eigenvalue weighted by Crippen LogP contribution is 2.26. The first kappa shape index (κ1) is 15.4. The fraction of sp³-hybridized carbons (Fsp3) is 0.786. The molecule has 0 spiro atoms. The number of hydrogen-bond acceptors (Lipinski definition) is 5. The van der Waals surface area contributed by atoms with Gasteiger partial charge in [-0.1, -0.05) is 44.5 Å². The second-order valence-corrected chi connectivity index (χ2v) is 7.24. The highest BCUT2D eigenvalue weighted by molar-refractivity contribution is 7.08. The zero-order chi connectivity index (χ0) is 14.8. The Kier molecular flexibility index (Phi) is 4.75. The third-order valence-corrected chi connectivity index (χ3v) is 4.43. The van der Waals surface area contributed by atoms with Crippen molar-refractivity contribution in [3.8, 4) is 0 Å². The van der Waals surface area contributed by atoms with Crippen molar-refractivity contribution in [3.63, 3.8) is 0 Å². The van der Waals surface area contributed by atoms with Crippen molar-refractivity contribution in [2.75, 3.05) is 0 Å². The minimum absolute atomic E-state index is 0.153. The Hall–Kier alpha value is -1.01. The van der Waals surface area contributed by atoms with E-state index in [4.69, 9.17) is 0 Å². The van der Waals surface area contributed by atoms with Crippen molar-refractivity contribution in [2.24, 2.45) is 0 Å². The van der Waals surface area contributed by atoms with Crippen molar-refractivity contribution in [2.45, 2.75) is 70.4 Å². The SMILES string of the molecule is CC(C)(C)c1nnsc1C(=O)NC1CCCCCC1O. The van der Waals surface area contributed by atoms with E-state index in [0.717, 1.165) is 49.3 Å². The molecule has 1 amide bonds. The van der Waals surface area contributed by atoms with Crippen LogP contribution in [0.2, 0.25) is 0 Å². The predicted molar refractivity (Wildman–Crippen MR) is 79.0 cm³/mol. The molecule has 2 atom stereocenters. The van der Waals surface area contributed by atoms with Gasteiger partial charge in [-0.25, -0.2) is 0 Å². The smallest absolute Gasteiger partial charge is 0.265 e. The van der Waals surface area contributed by atoms with E-state index in [1.165, 1.54) is 0 Å². The number of nitrogens with one attached hydrogen (secondary N) is 1. The normalized spacial score (nSPS) is 24.2. The summed E-state index contributed by atoms with van der Waals surface area (Å²) in [6, 6.07) is -0.153. The minimum Gasteiger partial charge on any atom is -0.391 e. The highest BCUT2D eigenvalue weighted by atomic mass is 32.1. The topological polar surface area (TPSA) is 75.1 Å². The van der Waals surface area contributed by atoms with Crippen LogP contribution in [-0.2, 0) is 5.41 Å². The lowest BCUT2D eigenvalue weighted by Gasteiger charge is -2.22. The summed E-state index contributed by atoms with van der Waals surface area (Å²) in [6.07, 6.45) is 4.36. The summed E-state index contributed by atoms with van der Waals surface area (Å²) in [7, 11) is 0. The maximum absolute atomic E-state index is 12.4. The molecule has 0 radical (unpaired) electrons. The fourth-order valence-corrected chi connectivity index (χ4v) is 3.30. The van der Waals surface area contributed by atoms with Crippen LogP contribution >= 0.6 is 11.5 Å². The molecule has 0 aliphatic heterocycles. The summed E-state index contributed by atoms with van der Waals surface area (Å²) in [5.74, 6) is -0.157. The molecule has 2 N–H and O–H groups in total. The maximum Gasteiger partial charge on any atom is 0.265 e. The molecule has 0 bridgehead atoms. The van der Waals surface area contributed by atoms with E-state index in [0.29, 0.717) is 4.88 Å². The van der Waals surface area contributed by atoms with Crippen molar-refractivity contribution < 1.29 is 9.90 Å². The number of aliphatic hydroxyl groups excluding tert-OH is 1. The summed E-state index contributed by atoms with van der Waals surface area (Å²) in [5, 5.41) is 17.1. The number of nitrogens with zero attached hydrogens (tertiary/aromatic N) is 2. The van der Waals surface area contributed by atoms with Crippen LogP contribution < -0.4 is 5.32 Å². The van der Waals surface area contributed by atoms with Crippen LogP contribution in [0.4, 0.5) is 0 Å². The third kappa shape index (κ3) is 3.55. The van der Waals surface area contributed by atoms with Crippen molar-refractivity contribution in [1.82, 2.24) is 14.9 Å².